The Bertz CT molecular complexity index is 741. The second-order valence-electron chi connectivity index (χ2n) is 7.45. The lowest BCUT2D eigenvalue weighted by Crippen LogP contribution is -2.29. The first kappa shape index (κ1) is 19.2. The fraction of sp³-hybridized carbons (Fsp3) is 0.409. The molecular formula is C22H29N3O2. The van der Waals surface area contributed by atoms with Crippen LogP contribution in [0.4, 0.5) is 11.4 Å². The van der Waals surface area contributed by atoms with E-state index in [1.54, 1.807) is 12.1 Å². The summed E-state index contributed by atoms with van der Waals surface area (Å²) < 4.78 is 5.66. The standard InChI is InChI=1S/C22H29N3O2/c1-16(2)15-27-21-10-4-17(5-11-21)22(26)24-18-6-8-20(9-7-18)25-13-12-19(14-25)23-3/h4-11,16,19,23H,12-15H2,1-3H3,(H,24,26). The SMILES string of the molecule is CNC1CCN(c2ccc(NC(=O)c3ccc(OCC(C)C)cc3)cc2)C1. The van der Waals surface area contributed by atoms with Gasteiger partial charge < -0.3 is 20.3 Å². The Hall–Kier alpha value is -2.53. The van der Waals surface area contributed by atoms with Gasteiger partial charge in [0.15, 0.2) is 0 Å². The van der Waals surface area contributed by atoms with Crippen LogP contribution in [0.15, 0.2) is 48.5 Å². The zero-order chi connectivity index (χ0) is 19.2. The number of nitrogens with one attached hydrogen (secondary N) is 2. The van der Waals surface area contributed by atoms with Gasteiger partial charge in [0.25, 0.3) is 5.91 Å². The Morgan fingerprint density at radius 2 is 1.85 bits per heavy atom. The molecule has 0 aromatic heterocycles. The number of carbonyl (C=O) groups is 1. The van der Waals surface area contributed by atoms with Crippen LogP contribution < -0.4 is 20.3 Å². The van der Waals surface area contributed by atoms with Crippen molar-refractivity contribution in [3.05, 3.63) is 54.1 Å². The highest BCUT2D eigenvalue weighted by atomic mass is 16.5. The van der Waals surface area contributed by atoms with Crippen LogP contribution >= 0.6 is 0 Å². The number of benzene rings is 2. The summed E-state index contributed by atoms with van der Waals surface area (Å²) >= 11 is 0. The first-order chi connectivity index (χ1) is 13.0. The Morgan fingerprint density at radius 3 is 2.44 bits per heavy atom. The van der Waals surface area contributed by atoms with Gasteiger partial charge in [-0.15, -0.1) is 0 Å². The third-order valence-corrected chi connectivity index (χ3v) is 4.79. The highest BCUT2D eigenvalue weighted by Crippen LogP contribution is 2.23. The van der Waals surface area contributed by atoms with E-state index in [0.717, 1.165) is 30.9 Å². The van der Waals surface area contributed by atoms with Crippen molar-refractivity contribution in [2.45, 2.75) is 26.3 Å². The molecule has 1 fully saturated rings. The molecule has 27 heavy (non-hydrogen) atoms. The van der Waals surface area contributed by atoms with Crippen LogP contribution in [0.5, 0.6) is 5.75 Å². The fourth-order valence-corrected chi connectivity index (χ4v) is 3.15. The van der Waals surface area contributed by atoms with E-state index in [4.69, 9.17) is 4.74 Å². The zero-order valence-electron chi connectivity index (χ0n) is 16.4. The third kappa shape index (κ3) is 5.23. The second kappa shape index (κ2) is 8.91. The van der Waals surface area contributed by atoms with Crippen molar-refractivity contribution in [3.8, 4) is 5.75 Å². The topological polar surface area (TPSA) is 53.6 Å². The molecule has 0 spiro atoms. The zero-order valence-corrected chi connectivity index (χ0v) is 16.4. The maximum absolute atomic E-state index is 12.4. The molecule has 0 saturated carbocycles. The van der Waals surface area contributed by atoms with Crippen LogP contribution in [0.3, 0.4) is 0 Å². The minimum Gasteiger partial charge on any atom is -0.493 e. The lowest BCUT2D eigenvalue weighted by atomic mass is 10.2. The summed E-state index contributed by atoms with van der Waals surface area (Å²) in [5, 5.41) is 6.28. The maximum atomic E-state index is 12.4. The molecule has 0 radical (unpaired) electrons. The number of likely N-dealkylation sites (N-methyl/N-ethyl adjacent to an activating group) is 1. The van der Waals surface area contributed by atoms with E-state index in [1.165, 1.54) is 5.69 Å². The van der Waals surface area contributed by atoms with Crippen LogP contribution in [0.1, 0.15) is 30.6 Å². The average Bonchev–Trinajstić information content (AvgIpc) is 3.16. The van der Waals surface area contributed by atoms with E-state index in [2.05, 4.69) is 41.5 Å². The predicted octanol–water partition coefficient (Wildman–Crippen LogP) is 3.77. The molecule has 2 N–H and O–H groups in total. The number of anilines is 2. The molecule has 1 aliphatic heterocycles. The molecule has 1 atom stereocenters. The number of rotatable bonds is 7. The van der Waals surface area contributed by atoms with Crippen molar-refractivity contribution in [2.75, 3.05) is 37.0 Å². The van der Waals surface area contributed by atoms with Gasteiger partial charge >= 0.3 is 0 Å². The van der Waals surface area contributed by atoms with Crippen molar-refractivity contribution >= 4 is 17.3 Å². The number of hydrogen-bond acceptors (Lipinski definition) is 4. The predicted molar refractivity (Wildman–Crippen MR) is 111 cm³/mol. The lowest BCUT2D eigenvalue weighted by Gasteiger charge is -2.19. The van der Waals surface area contributed by atoms with E-state index < -0.39 is 0 Å². The molecule has 1 amide bonds. The molecule has 1 unspecified atom stereocenters. The molecule has 144 valence electrons. The van der Waals surface area contributed by atoms with Gasteiger partial charge in [0.1, 0.15) is 5.75 Å². The number of carbonyl (C=O) groups excluding carboxylic acids is 1. The van der Waals surface area contributed by atoms with E-state index in [0.29, 0.717) is 24.1 Å². The quantitative estimate of drug-likeness (QED) is 0.782. The Kier molecular flexibility index (Phi) is 6.35. The lowest BCUT2D eigenvalue weighted by molar-refractivity contribution is 0.102. The summed E-state index contributed by atoms with van der Waals surface area (Å²) in [6, 6.07) is 15.9. The number of nitrogens with zero attached hydrogens (tertiary/aromatic N) is 1. The van der Waals surface area contributed by atoms with Gasteiger partial charge in [-0.3, -0.25) is 4.79 Å². The molecule has 5 heteroatoms. The molecule has 1 heterocycles. The highest BCUT2D eigenvalue weighted by Gasteiger charge is 2.20. The Balaban J connectivity index is 1.56. The monoisotopic (exact) mass is 367 g/mol. The van der Waals surface area contributed by atoms with Gasteiger partial charge in [0, 0.05) is 36.1 Å². The van der Waals surface area contributed by atoms with Crippen molar-refractivity contribution < 1.29 is 9.53 Å². The summed E-state index contributed by atoms with van der Waals surface area (Å²) in [4.78, 5) is 14.8. The number of ether oxygens (including phenoxy) is 1. The van der Waals surface area contributed by atoms with Gasteiger partial charge in [-0.2, -0.15) is 0 Å². The summed E-state index contributed by atoms with van der Waals surface area (Å²) in [5.41, 5.74) is 2.61. The largest absolute Gasteiger partial charge is 0.493 e. The average molecular weight is 367 g/mol. The van der Waals surface area contributed by atoms with E-state index >= 15 is 0 Å². The molecule has 0 bridgehead atoms. The first-order valence-corrected chi connectivity index (χ1v) is 9.61. The number of hydrogen-bond donors (Lipinski definition) is 2. The van der Waals surface area contributed by atoms with Crippen molar-refractivity contribution in [2.24, 2.45) is 5.92 Å². The summed E-state index contributed by atoms with van der Waals surface area (Å²) in [6.07, 6.45) is 1.16. The van der Waals surface area contributed by atoms with E-state index in [1.807, 2.05) is 31.3 Å². The number of amides is 1. The van der Waals surface area contributed by atoms with Crippen molar-refractivity contribution in [1.82, 2.24) is 5.32 Å². The molecule has 1 saturated heterocycles. The molecule has 2 aromatic rings. The Morgan fingerprint density at radius 1 is 1.15 bits per heavy atom. The van der Waals surface area contributed by atoms with Gasteiger partial charge in [-0.25, -0.2) is 0 Å². The van der Waals surface area contributed by atoms with Gasteiger partial charge in [0.2, 0.25) is 0 Å². The van der Waals surface area contributed by atoms with Crippen molar-refractivity contribution in [1.29, 1.82) is 0 Å². The third-order valence-electron chi connectivity index (χ3n) is 4.79. The molecule has 5 nitrogen and oxygen atoms in total. The second-order valence-corrected chi connectivity index (χ2v) is 7.45. The van der Waals surface area contributed by atoms with Crippen LogP contribution in [-0.2, 0) is 0 Å². The van der Waals surface area contributed by atoms with Crippen LogP contribution in [-0.4, -0.2) is 38.7 Å². The normalized spacial score (nSPS) is 16.6. The van der Waals surface area contributed by atoms with Gasteiger partial charge in [-0.05, 0) is 67.9 Å². The molecule has 1 aliphatic rings. The first-order valence-electron chi connectivity index (χ1n) is 9.61. The molecule has 2 aromatic carbocycles. The van der Waals surface area contributed by atoms with Gasteiger partial charge in [0.05, 0.1) is 6.61 Å². The summed E-state index contributed by atoms with van der Waals surface area (Å²) in [6.45, 7) is 6.96. The molecule has 0 aliphatic carbocycles. The molecule has 3 rings (SSSR count). The van der Waals surface area contributed by atoms with Crippen LogP contribution in [0.2, 0.25) is 0 Å². The minimum atomic E-state index is -0.116. The highest BCUT2D eigenvalue weighted by molar-refractivity contribution is 6.04. The van der Waals surface area contributed by atoms with Crippen LogP contribution in [0.25, 0.3) is 0 Å². The molecular weight excluding hydrogens is 338 g/mol. The smallest absolute Gasteiger partial charge is 0.255 e. The Labute approximate surface area is 161 Å². The summed E-state index contributed by atoms with van der Waals surface area (Å²) in [5.74, 6) is 1.14. The van der Waals surface area contributed by atoms with Crippen molar-refractivity contribution in [3.63, 3.8) is 0 Å². The fourth-order valence-electron chi connectivity index (χ4n) is 3.15. The van der Waals surface area contributed by atoms with E-state index in [9.17, 15) is 4.79 Å². The van der Waals surface area contributed by atoms with Crippen LogP contribution in [0, 0.1) is 5.92 Å². The minimum absolute atomic E-state index is 0.116. The maximum Gasteiger partial charge on any atom is 0.255 e. The summed E-state index contributed by atoms with van der Waals surface area (Å²) in [7, 11) is 2.01. The van der Waals surface area contributed by atoms with Gasteiger partial charge in [-0.1, -0.05) is 13.8 Å². The van der Waals surface area contributed by atoms with E-state index in [-0.39, 0.29) is 5.91 Å².